The van der Waals surface area contributed by atoms with Crippen LogP contribution in [-0.4, -0.2) is 5.91 Å². The standard InChI is InChI=1S/C18H17N3O/c19-11-12-4-6-13(7-5-12)18(22)21-17-3-1-2-14-10-15(20)8-9-16(14)17/h4-10,17H,1-3,20H2,(H,21,22)/t17-/m0/s1. The summed E-state index contributed by atoms with van der Waals surface area (Å²) in [6.45, 7) is 0. The van der Waals surface area contributed by atoms with E-state index in [0.717, 1.165) is 30.5 Å². The van der Waals surface area contributed by atoms with Crippen molar-refractivity contribution in [3.63, 3.8) is 0 Å². The predicted molar refractivity (Wildman–Crippen MR) is 85.2 cm³/mol. The maximum Gasteiger partial charge on any atom is 0.251 e. The van der Waals surface area contributed by atoms with Crippen molar-refractivity contribution in [1.82, 2.24) is 5.32 Å². The van der Waals surface area contributed by atoms with Crippen molar-refractivity contribution in [3.8, 4) is 6.07 Å². The van der Waals surface area contributed by atoms with Crippen molar-refractivity contribution in [2.75, 3.05) is 5.73 Å². The minimum Gasteiger partial charge on any atom is -0.399 e. The molecule has 0 heterocycles. The molecule has 110 valence electrons. The summed E-state index contributed by atoms with van der Waals surface area (Å²) in [7, 11) is 0. The molecule has 0 fully saturated rings. The van der Waals surface area contributed by atoms with Gasteiger partial charge >= 0.3 is 0 Å². The molecular weight excluding hydrogens is 274 g/mol. The summed E-state index contributed by atoms with van der Waals surface area (Å²) in [4.78, 5) is 12.4. The number of nitrogens with one attached hydrogen (secondary N) is 1. The van der Waals surface area contributed by atoms with E-state index in [2.05, 4.69) is 5.32 Å². The fourth-order valence-corrected chi connectivity index (χ4v) is 2.92. The van der Waals surface area contributed by atoms with E-state index in [0.29, 0.717) is 11.1 Å². The Morgan fingerprint density at radius 3 is 2.73 bits per heavy atom. The number of nitriles is 1. The van der Waals surface area contributed by atoms with Gasteiger partial charge in [-0.3, -0.25) is 4.79 Å². The number of fused-ring (bicyclic) bond motifs is 1. The third-order valence-electron chi connectivity index (χ3n) is 4.06. The smallest absolute Gasteiger partial charge is 0.251 e. The van der Waals surface area contributed by atoms with E-state index in [1.54, 1.807) is 24.3 Å². The molecule has 4 heteroatoms. The molecule has 1 aliphatic carbocycles. The van der Waals surface area contributed by atoms with Crippen LogP contribution in [0.25, 0.3) is 0 Å². The molecule has 22 heavy (non-hydrogen) atoms. The fraction of sp³-hybridized carbons (Fsp3) is 0.222. The second-order valence-electron chi connectivity index (χ2n) is 5.57. The summed E-state index contributed by atoms with van der Waals surface area (Å²) < 4.78 is 0. The molecule has 0 unspecified atom stereocenters. The Morgan fingerprint density at radius 2 is 2.00 bits per heavy atom. The minimum atomic E-state index is -0.112. The number of nitrogens with two attached hydrogens (primary N) is 1. The van der Waals surface area contributed by atoms with Crippen LogP contribution in [0.15, 0.2) is 42.5 Å². The summed E-state index contributed by atoms with van der Waals surface area (Å²) >= 11 is 0. The van der Waals surface area contributed by atoms with Gasteiger partial charge in [-0.15, -0.1) is 0 Å². The van der Waals surface area contributed by atoms with Gasteiger partial charge in [0.25, 0.3) is 5.91 Å². The number of aryl methyl sites for hydroxylation is 1. The molecule has 0 saturated carbocycles. The monoisotopic (exact) mass is 291 g/mol. The van der Waals surface area contributed by atoms with E-state index >= 15 is 0 Å². The lowest BCUT2D eigenvalue weighted by molar-refractivity contribution is 0.0933. The Hall–Kier alpha value is -2.80. The number of carbonyl (C=O) groups excluding carboxylic acids is 1. The van der Waals surface area contributed by atoms with Crippen molar-refractivity contribution in [2.45, 2.75) is 25.3 Å². The highest BCUT2D eigenvalue weighted by molar-refractivity contribution is 5.94. The van der Waals surface area contributed by atoms with Crippen LogP contribution < -0.4 is 11.1 Å². The van der Waals surface area contributed by atoms with Crippen LogP contribution in [0.2, 0.25) is 0 Å². The SMILES string of the molecule is N#Cc1ccc(C(=O)N[C@H]2CCCc3cc(N)ccc32)cc1. The van der Waals surface area contributed by atoms with Crippen molar-refractivity contribution in [2.24, 2.45) is 0 Å². The highest BCUT2D eigenvalue weighted by atomic mass is 16.1. The Morgan fingerprint density at radius 1 is 1.23 bits per heavy atom. The molecule has 2 aromatic carbocycles. The molecule has 0 aromatic heterocycles. The average Bonchev–Trinajstić information content (AvgIpc) is 2.55. The van der Waals surface area contributed by atoms with E-state index in [1.165, 1.54) is 5.56 Å². The highest BCUT2D eigenvalue weighted by Crippen LogP contribution is 2.31. The van der Waals surface area contributed by atoms with E-state index in [9.17, 15) is 4.79 Å². The first kappa shape index (κ1) is 14.2. The summed E-state index contributed by atoms with van der Waals surface area (Å²) in [5.74, 6) is -0.112. The van der Waals surface area contributed by atoms with Gasteiger partial charge in [0, 0.05) is 11.3 Å². The number of hydrogen-bond donors (Lipinski definition) is 2. The van der Waals surface area contributed by atoms with Crippen LogP contribution in [0.5, 0.6) is 0 Å². The molecule has 0 bridgehead atoms. The van der Waals surface area contributed by atoms with E-state index in [1.807, 2.05) is 24.3 Å². The lowest BCUT2D eigenvalue weighted by Crippen LogP contribution is -2.31. The minimum absolute atomic E-state index is 0.0208. The molecule has 0 aliphatic heterocycles. The normalized spacial score (nSPS) is 16.4. The van der Waals surface area contributed by atoms with Crippen molar-refractivity contribution in [3.05, 3.63) is 64.7 Å². The number of hydrogen-bond acceptors (Lipinski definition) is 3. The zero-order chi connectivity index (χ0) is 15.5. The topological polar surface area (TPSA) is 78.9 Å². The molecule has 2 aromatic rings. The van der Waals surface area contributed by atoms with Crippen LogP contribution in [-0.2, 0) is 6.42 Å². The third kappa shape index (κ3) is 2.79. The summed E-state index contributed by atoms with van der Waals surface area (Å²) in [6.07, 6.45) is 2.97. The Labute approximate surface area is 129 Å². The molecule has 1 amide bonds. The maximum absolute atomic E-state index is 12.4. The molecule has 3 rings (SSSR count). The van der Waals surface area contributed by atoms with Crippen LogP contribution in [0.1, 0.15) is 45.9 Å². The van der Waals surface area contributed by atoms with Gasteiger partial charge in [-0.2, -0.15) is 5.26 Å². The van der Waals surface area contributed by atoms with E-state index in [4.69, 9.17) is 11.0 Å². The van der Waals surface area contributed by atoms with Gasteiger partial charge in [0.1, 0.15) is 0 Å². The number of anilines is 1. The Bertz CT molecular complexity index is 744. The second-order valence-corrected chi connectivity index (χ2v) is 5.57. The van der Waals surface area contributed by atoms with Crippen molar-refractivity contribution < 1.29 is 4.79 Å². The quantitative estimate of drug-likeness (QED) is 0.835. The van der Waals surface area contributed by atoms with Crippen LogP contribution in [0.4, 0.5) is 5.69 Å². The number of nitrogens with zero attached hydrogens (tertiary/aromatic N) is 1. The van der Waals surface area contributed by atoms with Crippen molar-refractivity contribution >= 4 is 11.6 Å². The zero-order valence-electron chi connectivity index (χ0n) is 12.2. The zero-order valence-corrected chi connectivity index (χ0v) is 12.2. The molecule has 1 atom stereocenters. The van der Waals surface area contributed by atoms with Gasteiger partial charge in [-0.05, 0) is 66.8 Å². The average molecular weight is 291 g/mol. The van der Waals surface area contributed by atoms with Gasteiger partial charge < -0.3 is 11.1 Å². The van der Waals surface area contributed by atoms with Gasteiger partial charge in [-0.1, -0.05) is 6.07 Å². The number of rotatable bonds is 2. The molecule has 0 spiro atoms. The first-order valence-electron chi connectivity index (χ1n) is 7.36. The third-order valence-corrected chi connectivity index (χ3v) is 4.06. The Kier molecular flexibility index (Phi) is 3.80. The molecular formula is C18H17N3O. The predicted octanol–water partition coefficient (Wildman–Crippen LogP) is 2.95. The van der Waals surface area contributed by atoms with Gasteiger partial charge in [0.15, 0.2) is 0 Å². The molecule has 3 N–H and O–H groups in total. The number of nitrogen functional groups attached to an aromatic ring is 1. The molecule has 0 radical (unpaired) electrons. The molecule has 4 nitrogen and oxygen atoms in total. The highest BCUT2D eigenvalue weighted by Gasteiger charge is 2.22. The molecule has 0 saturated heterocycles. The summed E-state index contributed by atoms with van der Waals surface area (Å²) in [6, 6.07) is 14.6. The van der Waals surface area contributed by atoms with E-state index in [-0.39, 0.29) is 11.9 Å². The van der Waals surface area contributed by atoms with Crippen LogP contribution >= 0.6 is 0 Å². The van der Waals surface area contributed by atoms with Gasteiger partial charge in [0.05, 0.1) is 17.7 Å². The first-order chi connectivity index (χ1) is 10.7. The lowest BCUT2D eigenvalue weighted by atomic mass is 9.87. The molecule has 1 aliphatic rings. The van der Waals surface area contributed by atoms with Crippen LogP contribution in [0, 0.1) is 11.3 Å². The summed E-state index contributed by atoms with van der Waals surface area (Å²) in [5, 5.41) is 11.9. The van der Waals surface area contributed by atoms with Crippen LogP contribution in [0.3, 0.4) is 0 Å². The fourth-order valence-electron chi connectivity index (χ4n) is 2.92. The number of benzene rings is 2. The second kappa shape index (κ2) is 5.90. The van der Waals surface area contributed by atoms with Gasteiger partial charge in [-0.25, -0.2) is 0 Å². The first-order valence-corrected chi connectivity index (χ1v) is 7.36. The number of carbonyl (C=O) groups is 1. The maximum atomic E-state index is 12.4. The summed E-state index contributed by atoms with van der Waals surface area (Å²) in [5.41, 5.74) is 10.1. The lowest BCUT2D eigenvalue weighted by Gasteiger charge is -2.26. The van der Waals surface area contributed by atoms with Gasteiger partial charge in [0.2, 0.25) is 0 Å². The largest absolute Gasteiger partial charge is 0.399 e. The number of amides is 1. The Balaban J connectivity index is 1.79. The van der Waals surface area contributed by atoms with Crippen molar-refractivity contribution in [1.29, 1.82) is 5.26 Å². The van der Waals surface area contributed by atoms with E-state index < -0.39 is 0 Å².